The SMILES string of the molecule is C=CCn1c(NC(=O)c2ccc(NS(=O)(=O)c3cccs3)cc2)c(C(=O)OCC)sc1=S. The molecule has 0 aliphatic carbocycles. The van der Waals surface area contributed by atoms with Crippen molar-refractivity contribution in [3.05, 3.63) is 68.8 Å². The van der Waals surface area contributed by atoms with Crippen molar-refractivity contribution in [2.75, 3.05) is 16.6 Å². The monoisotopic (exact) mass is 509 g/mol. The zero-order valence-electron chi connectivity index (χ0n) is 16.9. The lowest BCUT2D eigenvalue weighted by molar-refractivity contribution is 0.0532. The number of sulfonamides is 1. The summed E-state index contributed by atoms with van der Waals surface area (Å²) in [5.41, 5.74) is 0.577. The molecule has 0 saturated carbocycles. The molecule has 168 valence electrons. The van der Waals surface area contributed by atoms with E-state index in [1.54, 1.807) is 29.0 Å². The molecule has 0 aliphatic heterocycles. The summed E-state index contributed by atoms with van der Waals surface area (Å²) in [5, 5.41) is 4.38. The van der Waals surface area contributed by atoms with Gasteiger partial charge in [-0.1, -0.05) is 23.5 Å². The van der Waals surface area contributed by atoms with Gasteiger partial charge in [0, 0.05) is 17.8 Å². The van der Waals surface area contributed by atoms with Gasteiger partial charge in [-0.3, -0.25) is 9.52 Å². The number of nitrogens with one attached hydrogen (secondary N) is 2. The Hall–Kier alpha value is -2.80. The third-order valence-electron chi connectivity index (χ3n) is 4.06. The van der Waals surface area contributed by atoms with Gasteiger partial charge in [0.25, 0.3) is 15.9 Å². The molecule has 2 N–H and O–H groups in total. The van der Waals surface area contributed by atoms with Gasteiger partial charge in [-0.2, -0.15) is 0 Å². The first-order valence-electron chi connectivity index (χ1n) is 9.26. The number of thiazole rings is 1. The number of carbonyl (C=O) groups is 2. The summed E-state index contributed by atoms with van der Waals surface area (Å²) in [7, 11) is -3.69. The highest BCUT2D eigenvalue weighted by Gasteiger charge is 2.22. The highest BCUT2D eigenvalue weighted by atomic mass is 32.2. The number of benzene rings is 1. The molecule has 8 nitrogen and oxygen atoms in total. The van der Waals surface area contributed by atoms with Crippen LogP contribution in [-0.4, -0.2) is 31.5 Å². The number of hydrogen-bond acceptors (Lipinski definition) is 8. The first-order valence-corrected chi connectivity index (χ1v) is 12.8. The molecule has 3 aromatic rings. The maximum atomic E-state index is 12.8. The van der Waals surface area contributed by atoms with Crippen molar-refractivity contribution < 1.29 is 22.7 Å². The molecular formula is C20H19N3O5S4. The average Bonchev–Trinajstić information content (AvgIpc) is 3.39. The molecule has 0 saturated heterocycles. The number of allylic oxidation sites excluding steroid dienone is 1. The molecule has 0 radical (unpaired) electrons. The smallest absolute Gasteiger partial charge is 0.352 e. The summed E-state index contributed by atoms with van der Waals surface area (Å²) in [5.74, 6) is -0.848. The van der Waals surface area contributed by atoms with Crippen LogP contribution in [0.5, 0.6) is 0 Å². The van der Waals surface area contributed by atoms with Crippen molar-refractivity contribution in [3.8, 4) is 0 Å². The molecule has 0 spiro atoms. The van der Waals surface area contributed by atoms with E-state index in [1.165, 1.54) is 30.3 Å². The van der Waals surface area contributed by atoms with Gasteiger partial charge in [-0.05, 0) is 54.9 Å². The summed E-state index contributed by atoms with van der Waals surface area (Å²) < 4.78 is 34.4. The Morgan fingerprint density at radius 3 is 2.56 bits per heavy atom. The highest BCUT2D eigenvalue weighted by molar-refractivity contribution is 7.94. The summed E-state index contributed by atoms with van der Waals surface area (Å²) in [6.45, 7) is 5.84. The second kappa shape index (κ2) is 10.2. The fourth-order valence-corrected chi connectivity index (χ4v) is 5.97. The molecule has 2 aromatic heterocycles. The number of anilines is 2. The molecule has 0 bridgehead atoms. The predicted molar refractivity (Wildman–Crippen MR) is 129 cm³/mol. The van der Waals surface area contributed by atoms with E-state index in [0.717, 1.165) is 22.7 Å². The molecule has 12 heteroatoms. The maximum absolute atomic E-state index is 12.8. The molecule has 0 aliphatic rings. The van der Waals surface area contributed by atoms with Gasteiger partial charge < -0.3 is 14.6 Å². The van der Waals surface area contributed by atoms with Crippen LogP contribution in [0.1, 0.15) is 27.0 Å². The zero-order chi connectivity index (χ0) is 23.3. The van der Waals surface area contributed by atoms with E-state index in [4.69, 9.17) is 17.0 Å². The van der Waals surface area contributed by atoms with E-state index < -0.39 is 21.9 Å². The number of rotatable bonds is 9. The van der Waals surface area contributed by atoms with Crippen LogP contribution in [0, 0.1) is 3.95 Å². The zero-order valence-corrected chi connectivity index (χ0v) is 20.1. The standard InChI is InChI=1S/C20H19N3O5S4/c1-3-11-23-17(16(31-20(23)29)19(25)28-4-2)21-18(24)13-7-9-14(10-8-13)22-32(26,27)15-6-5-12-30-15/h3,5-10,12,22H,1,4,11H2,2H3,(H,21,24). The molecule has 32 heavy (non-hydrogen) atoms. The Balaban J connectivity index is 1.82. The first-order chi connectivity index (χ1) is 15.3. The quantitative estimate of drug-likeness (QED) is 0.245. The molecule has 1 amide bonds. The third-order valence-corrected chi connectivity index (χ3v) is 8.27. The Labute approximate surface area is 198 Å². The van der Waals surface area contributed by atoms with E-state index in [1.807, 2.05) is 0 Å². The Morgan fingerprint density at radius 1 is 1.25 bits per heavy atom. The lowest BCUT2D eigenvalue weighted by Crippen LogP contribution is -2.18. The van der Waals surface area contributed by atoms with E-state index in [2.05, 4.69) is 16.6 Å². The minimum atomic E-state index is -3.69. The van der Waals surface area contributed by atoms with Gasteiger partial charge in [-0.25, -0.2) is 13.2 Å². The predicted octanol–water partition coefficient (Wildman–Crippen LogP) is 4.76. The van der Waals surface area contributed by atoms with Gasteiger partial charge >= 0.3 is 5.97 Å². The van der Waals surface area contributed by atoms with Gasteiger partial charge in [0.15, 0.2) is 8.83 Å². The summed E-state index contributed by atoms with van der Waals surface area (Å²) in [6, 6.07) is 9.07. The molecule has 0 fully saturated rings. The second-order valence-electron chi connectivity index (χ2n) is 6.23. The number of hydrogen-bond donors (Lipinski definition) is 2. The molecule has 3 rings (SSSR count). The fourth-order valence-electron chi connectivity index (χ4n) is 2.65. The minimum absolute atomic E-state index is 0.182. The Kier molecular flexibility index (Phi) is 7.61. The molecule has 2 heterocycles. The highest BCUT2D eigenvalue weighted by Crippen LogP contribution is 2.27. The number of ether oxygens (including phenoxy) is 1. The number of esters is 1. The van der Waals surface area contributed by atoms with Crippen molar-refractivity contribution in [1.82, 2.24) is 4.57 Å². The lowest BCUT2D eigenvalue weighted by atomic mass is 10.2. The lowest BCUT2D eigenvalue weighted by Gasteiger charge is -2.11. The average molecular weight is 510 g/mol. The van der Waals surface area contributed by atoms with Crippen molar-refractivity contribution in [2.24, 2.45) is 0 Å². The maximum Gasteiger partial charge on any atom is 0.352 e. The minimum Gasteiger partial charge on any atom is -0.462 e. The van der Waals surface area contributed by atoms with Crippen molar-refractivity contribution >= 4 is 68.3 Å². The summed E-state index contributed by atoms with van der Waals surface area (Å²) >= 11 is 7.45. The van der Waals surface area contributed by atoms with E-state index in [9.17, 15) is 18.0 Å². The van der Waals surface area contributed by atoms with Crippen LogP contribution in [0.3, 0.4) is 0 Å². The topological polar surface area (TPSA) is 107 Å². The van der Waals surface area contributed by atoms with Crippen LogP contribution in [0.25, 0.3) is 0 Å². The van der Waals surface area contributed by atoms with Gasteiger partial charge in [0.1, 0.15) is 10.0 Å². The molecule has 0 unspecified atom stereocenters. The number of thiophene rings is 1. The van der Waals surface area contributed by atoms with Crippen LogP contribution in [-0.2, 0) is 21.3 Å². The normalized spacial score (nSPS) is 11.0. The second-order valence-corrected chi connectivity index (χ2v) is 10.7. The van der Waals surface area contributed by atoms with E-state index >= 15 is 0 Å². The first kappa shape index (κ1) is 23.9. The largest absolute Gasteiger partial charge is 0.462 e. The van der Waals surface area contributed by atoms with Crippen LogP contribution >= 0.6 is 34.9 Å². The summed E-state index contributed by atoms with van der Waals surface area (Å²) in [6.07, 6.45) is 1.60. The van der Waals surface area contributed by atoms with Crippen molar-refractivity contribution in [3.63, 3.8) is 0 Å². The summed E-state index contributed by atoms with van der Waals surface area (Å²) in [4.78, 5) is 25.3. The third kappa shape index (κ3) is 5.33. The number of nitrogens with zero attached hydrogens (tertiary/aromatic N) is 1. The molecule has 1 aromatic carbocycles. The molecule has 0 atom stereocenters. The number of carbonyl (C=O) groups excluding carboxylic acids is 2. The van der Waals surface area contributed by atoms with E-state index in [0.29, 0.717) is 16.2 Å². The Morgan fingerprint density at radius 2 is 1.97 bits per heavy atom. The van der Waals surface area contributed by atoms with Crippen LogP contribution in [0.2, 0.25) is 0 Å². The van der Waals surface area contributed by atoms with Crippen LogP contribution in [0.15, 0.2) is 58.6 Å². The number of amides is 1. The number of aromatic nitrogens is 1. The van der Waals surface area contributed by atoms with Crippen LogP contribution in [0.4, 0.5) is 11.5 Å². The fraction of sp³-hybridized carbons (Fsp3) is 0.150. The van der Waals surface area contributed by atoms with Gasteiger partial charge in [-0.15, -0.1) is 17.9 Å². The van der Waals surface area contributed by atoms with E-state index in [-0.39, 0.29) is 27.1 Å². The van der Waals surface area contributed by atoms with Gasteiger partial charge in [0.05, 0.1) is 6.61 Å². The van der Waals surface area contributed by atoms with Gasteiger partial charge in [0.2, 0.25) is 0 Å². The molecular weight excluding hydrogens is 491 g/mol. The van der Waals surface area contributed by atoms with Crippen molar-refractivity contribution in [1.29, 1.82) is 0 Å². The van der Waals surface area contributed by atoms with Crippen LogP contribution < -0.4 is 10.0 Å². The van der Waals surface area contributed by atoms with Crippen molar-refractivity contribution in [2.45, 2.75) is 17.7 Å². The Bertz CT molecular complexity index is 1290.